The molecule has 0 spiro atoms. The molecule has 0 bridgehead atoms. The number of ether oxygens (including phenoxy) is 1. The molecule has 0 aromatic heterocycles. The molecular formula is C23H43NO3. The van der Waals surface area contributed by atoms with Crippen LogP contribution in [0.2, 0.25) is 0 Å². The zero-order valence-electron chi connectivity index (χ0n) is 17.7. The van der Waals surface area contributed by atoms with E-state index < -0.39 is 11.9 Å². The quantitative estimate of drug-likeness (QED) is 0.172. The standard InChI is InChI=1S/C23H43NO3/c1-2-3-4-5-6-7-8-9-10-11-14-17-20-27-23(26)22(25)24-21-18-15-12-13-16-19-21/h21H,2-20H2,1H3,(H,24,25). The maximum absolute atomic E-state index is 11.9. The lowest BCUT2D eigenvalue weighted by Gasteiger charge is -2.15. The van der Waals surface area contributed by atoms with Gasteiger partial charge in [-0.25, -0.2) is 4.79 Å². The minimum Gasteiger partial charge on any atom is -0.459 e. The van der Waals surface area contributed by atoms with Gasteiger partial charge in [0, 0.05) is 6.04 Å². The fraction of sp³-hybridized carbons (Fsp3) is 0.913. The maximum atomic E-state index is 11.9. The van der Waals surface area contributed by atoms with Crippen molar-refractivity contribution >= 4 is 11.9 Å². The fourth-order valence-corrected chi connectivity index (χ4v) is 3.84. The van der Waals surface area contributed by atoms with Crippen molar-refractivity contribution in [3.05, 3.63) is 0 Å². The molecule has 0 aliphatic heterocycles. The third kappa shape index (κ3) is 13.7. The number of amides is 1. The summed E-state index contributed by atoms with van der Waals surface area (Å²) in [6.07, 6.45) is 22.0. The molecule has 1 aliphatic rings. The largest absolute Gasteiger partial charge is 0.459 e. The molecule has 4 nitrogen and oxygen atoms in total. The molecule has 1 N–H and O–H groups in total. The van der Waals surface area contributed by atoms with Gasteiger partial charge in [0.1, 0.15) is 0 Å². The average molecular weight is 382 g/mol. The van der Waals surface area contributed by atoms with E-state index >= 15 is 0 Å². The molecule has 158 valence electrons. The van der Waals surface area contributed by atoms with E-state index in [4.69, 9.17) is 4.74 Å². The van der Waals surface area contributed by atoms with Gasteiger partial charge in [-0.15, -0.1) is 0 Å². The lowest BCUT2D eigenvalue weighted by Crippen LogP contribution is -2.40. The normalized spacial score (nSPS) is 15.3. The predicted octanol–water partition coefficient (Wildman–Crippen LogP) is 6.07. The summed E-state index contributed by atoms with van der Waals surface area (Å²) < 4.78 is 5.12. The summed E-state index contributed by atoms with van der Waals surface area (Å²) in [7, 11) is 0. The third-order valence-electron chi connectivity index (χ3n) is 5.61. The Balaban J connectivity index is 1.88. The zero-order chi connectivity index (χ0) is 19.6. The van der Waals surface area contributed by atoms with Crippen molar-refractivity contribution in [2.75, 3.05) is 6.61 Å². The number of carbonyl (C=O) groups excluding carboxylic acids is 2. The number of nitrogens with one attached hydrogen (secondary N) is 1. The van der Waals surface area contributed by atoms with Crippen molar-refractivity contribution in [3.8, 4) is 0 Å². The van der Waals surface area contributed by atoms with Crippen molar-refractivity contribution in [1.82, 2.24) is 5.32 Å². The molecule has 4 heteroatoms. The van der Waals surface area contributed by atoms with Gasteiger partial charge in [-0.3, -0.25) is 4.79 Å². The van der Waals surface area contributed by atoms with E-state index in [0.717, 1.165) is 38.5 Å². The van der Waals surface area contributed by atoms with Crippen molar-refractivity contribution in [2.24, 2.45) is 0 Å². The molecule has 1 rings (SSSR count). The van der Waals surface area contributed by atoms with Gasteiger partial charge in [-0.1, -0.05) is 103 Å². The summed E-state index contributed by atoms with van der Waals surface area (Å²) in [5.74, 6) is -1.26. The maximum Gasteiger partial charge on any atom is 0.396 e. The average Bonchev–Trinajstić information content (AvgIpc) is 2.94. The second kappa shape index (κ2) is 17.1. The van der Waals surface area contributed by atoms with Gasteiger partial charge in [0.15, 0.2) is 0 Å². The van der Waals surface area contributed by atoms with Gasteiger partial charge in [0.2, 0.25) is 0 Å². The molecule has 0 aromatic carbocycles. The first-order chi connectivity index (χ1) is 13.2. The number of rotatable bonds is 14. The molecule has 1 aliphatic carbocycles. The van der Waals surface area contributed by atoms with Gasteiger partial charge in [0.25, 0.3) is 0 Å². The minimum absolute atomic E-state index is 0.152. The van der Waals surface area contributed by atoms with Crippen LogP contribution in [0.4, 0.5) is 0 Å². The molecule has 0 heterocycles. The Morgan fingerprint density at radius 3 is 1.74 bits per heavy atom. The van der Waals surface area contributed by atoms with Crippen LogP contribution in [0.5, 0.6) is 0 Å². The highest BCUT2D eigenvalue weighted by Crippen LogP contribution is 2.17. The van der Waals surface area contributed by atoms with E-state index in [1.54, 1.807) is 0 Å². The van der Waals surface area contributed by atoms with Crippen LogP contribution in [-0.4, -0.2) is 24.5 Å². The van der Waals surface area contributed by atoms with E-state index in [1.807, 2.05) is 0 Å². The first-order valence-corrected chi connectivity index (χ1v) is 11.7. The Morgan fingerprint density at radius 1 is 0.741 bits per heavy atom. The summed E-state index contributed by atoms with van der Waals surface area (Å²) in [4.78, 5) is 23.7. The molecule has 0 aromatic rings. The number of unbranched alkanes of at least 4 members (excludes halogenated alkanes) is 11. The topological polar surface area (TPSA) is 55.4 Å². The van der Waals surface area contributed by atoms with E-state index in [0.29, 0.717) is 6.61 Å². The lowest BCUT2D eigenvalue weighted by molar-refractivity contribution is -0.155. The van der Waals surface area contributed by atoms with Crippen LogP contribution >= 0.6 is 0 Å². The monoisotopic (exact) mass is 381 g/mol. The summed E-state index contributed by atoms with van der Waals surface area (Å²) in [6.45, 7) is 2.63. The van der Waals surface area contributed by atoms with Crippen molar-refractivity contribution in [2.45, 2.75) is 129 Å². The Hall–Kier alpha value is -1.06. The Morgan fingerprint density at radius 2 is 1.22 bits per heavy atom. The van der Waals surface area contributed by atoms with Crippen LogP contribution in [0.3, 0.4) is 0 Å². The molecule has 0 atom stereocenters. The van der Waals surface area contributed by atoms with Crippen LogP contribution < -0.4 is 5.32 Å². The van der Waals surface area contributed by atoms with Gasteiger partial charge in [-0.05, 0) is 19.3 Å². The molecule has 1 amide bonds. The van der Waals surface area contributed by atoms with Crippen molar-refractivity contribution in [1.29, 1.82) is 0 Å². The number of hydrogen-bond acceptors (Lipinski definition) is 3. The van der Waals surface area contributed by atoms with Crippen LogP contribution in [0.25, 0.3) is 0 Å². The highest BCUT2D eigenvalue weighted by molar-refractivity contribution is 6.32. The number of hydrogen-bond donors (Lipinski definition) is 1. The molecular weight excluding hydrogens is 338 g/mol. The van der Waals surface area contributed by atoms with E-state index in [2.05, 4.69) is 12.2 Å². The molecule has 0 saturated heterocycles. The zero-order valence-corrected chi connectivity index (χ0v) is 17.7. The Labute approximate surface area is 167 Å². The summed E-state index contributed by atoms with van der Waals surface area (Å²) in [6, 6.07) is 0.152. The van der Waals surface area contributed by atoms with Gasteiger partial charge >= 0.3 is 11.9 Å². The van der Waals surface area contributed by atoms with E-state index in [-0.39, 0.29) is 6.04 Å². The van der Waals surface area contributed by atoms with Crippen LogP contribution in [-0.2, 0) is 14.3 Å². The van der Waals surface area contributed by atoms with Crippen molar-refractivity contribution in [3.63, 3.8) is 0 Å². The summed E-state index contributed by atoms with van der Waals surface area (Å²) in [5.41, 5.74) is 0. The number of esters is 1. The molecule has 0 unspecified atom stereocenters. The molecule has 1 saturated carbocycles. The van der Waals surface area contributed by atoms with Crippen LogP contribution in [0, 0.1) is 0 Å². The molecule has 27 heavy (non-hydrogen) atoms. The van der Waals surface area contributed by atoms with Gasteiger partial charge in [-0.2, -0.15) is 0 Å². The summed E-state index contributed by atoms with van der Waals surface area (Å²) in [5, 5.41) is 2.84. The Bertz CT molecular complexity index is 376. The highest BCUT2D eigenvalue weighted by atomic mass is 16.5. The van der Waals surface area contributed by atoms with Crippen LogP contribution in [0.15, 0.2) is 0 Å². The number of carbonyl (C=O) groups is 2. The predicted molar refractivity (Wildman–Crippen MR) is 112 cm³/mol. The minimum atomic E-state index is -0.706. The second-order valence-corrected chi connectivity index (χ2v) is 8.19. The van der Waals surface area contributed by atoms with Crippen LogP contribution in [0.1, 0.15) is 122 Å². The third-order valence-corrected chi connectivity index (χ3v) is 5.61. The fourth-order valence-electron chi connectivity index (χ4n) is 3.84. The molecule has 1 fully saturated rings. The smallest absolute Gasteiger partial charge is 0.396 e. The first-order valence-electron chi connectivity index (χ1n) is 11.7. The first kappa shape index (κ1) is 24.0. The molecule has 0 radical (unpaired) electrons. The van der Waals surface area contributed by atoms with Crippen molar-refractivity contribution < 1.29 is 14.3 Å². The van der Waals surface area contributed by atoms with Gasteiger partial charge < -0.3 is 10.1 Å². The second-order valence-electron chi connectivity index (χ2n) is 8.19. The van der Waals surface area contributed by atoms with Gasteiger partial charge in [0.05, 0.1) is 6.61 Å². The lowest BCUT2D eigenvalue weighted by atomic mass is 10.1. The van der Waals surface area contributed by atoms with E-state index in [1.165, 1.54) is 77.0 Å². The summed E-state index contributed by atoms with van der Waals surface area (Å²) >= 11 is 0. The van der Waals surface area contributed by atoms with E-state index in [9.17, 15) is 9.59 Å². The SMILES string of the molecule is CCCCCCCCCCCCCCOC(=O)C(=O)NC1CCCCCC1. The Kier molecular flexibility index (Phi) is 15.2. The highest BCUT2D eigenvalue weighted by Gasteiger charge is 2.20.